The number of nitrogens with zero attached hydrogens (tertiary/aromatic N) is 1. The van der Waals surface area contributed by atoms with Crippen LogP contribution in [0.4, 0.5) is 0 Å². The van der Waals surface area contributed by atoms with Gasteiger partial charge >= 0.3 is 0 Å². The van der Waals surface area contributed by atoms with Crippen LogP contribution in [-0.2, 0) is 4.79 Å². The van der Waals surface area contributed by atoms with Crippen molar-refractivity contribution in [3.63, 3.8) is 0 Å². The lowest BCUT2D eigenvalue weighted by Gasteiger charge is -2.22. The van der Waals surface area contributed by atoms with Crippen molar-refractivity contribution in [3.05, 3.63) is 66.2 Å². The topological polar surface area (TPSA) is 55.1 Å². The van der Waals surface area contributed by atoms with Crippen LogP contribution < -0.4 is 5.32 Å². The Morgan fingerprint density at radius 1 is 1.12 bits per heavy atom. The third-order valence-electron chi connectivity index (χ3n) is 3.29. The van der Waals surface area contributed by atoms with Crippen LogP contribution in [0.5, 0.6) is 0 Å². The lowest BCUT2D eigenvalue weighted by atomic mass is 10.2. The van der Waals surface area contributed by atoms with Crippen molar-refractivity contribution in [2.45, 2.75) is 14.4 Å². The van der Waals surface area contributed by atoms with E-state index in [9.17, 15) is 4.79 Å². The third kappa shape index (κ3) is 5.17. The van der Waals surface area contributed by atoms with Gasteiger partial charge in [0.15, 0.2) is 5.58 Å². The number of amides is 1. The smallest absolute Gasteiger partial charge is 0.258 e. The zero-order chi connectivity index (χ0) is 18.6. The fourth-order valence-corrected chi connectivity index (χ4v) is 3.46. The van der Waals surface area contributed by atoms with Crippen molar-refractivity contribution in [1.82, 2.24) is 10.3 Å². The number of oxazole rings is 1. The fourth-order valence-electron chi connectivity index (χ4n) is 2.09. The van der Waals surface area contributed by atoms with E-state index in [2.05, 4.69) is 10.3 Å². The molecular weight excluding hydrogens is 415 g/mol. The van der Waals surface area contributed by atoms with Crippen molar-refractivity contribution in [1.29, 1.82) is 0 Å². The molecule has 0 saturated carbocycles. The van der Waals surface area contributed by atoms with Crippen LogP contribution in [0, 0.1) is 0 Å². The lowest BCUT2D eigenvalue weighted by molar-refractivity contribution is -0.116. The Labute approximate surface area is 169 Å². The summed E-state index contributed by atoms with van der Waals surface area (Å²) in [6.45, 7) is 0. The number of carbonyl (C=O) groups is 1. The number of thioether (sulfide) groups is 1. The Morgan fingerprint density at radius 3 is 2.50 bits per heavy atom. The molecule has 1 aromatic heterocycles. The van der Waals surface area contributed by atoms with E-state index >= 15 is 0 Å². The summed E-state index contributed by atoms with van der Waals surface area (Å²) in [5.74, 6) is -0.395. The number of aromatic nitrogens is 1. The van der Waals surface area contributed by atoms with E-state index in [1.54, 1.807) is 12.1 Å². The molecule has 0 spiro atoms. The minimum Gasteiger partial charge on any atom is -0.431 e. The van der Waals surface area contributed by atoms with Crippen LogP contribution >= 0.6 is 46.6 Å². The van der Waals surface area contributed by atoms with Crippen molar-refractivity contribution in [2.24, 2.45) is 0 Å². The molecule has 4 nitrogen and oxygen atoms in total. The van der Waals surface area contributed by atoms with Gasteiger partial charge in [-0.05, 0) is 35.5 Å². The predicted molar refractivity (Wildman–Crippen MR) is 108 cm³/mol. The second-order valence-corrected chi connectivity index (χ2v) is 8.66. The van der Waals surface area contributed by atoms with Crippen LogP contribution in [0.2, 0.25) is 0 Å². The minimum atomic E-state index is -1.75. The number of hydrogen-bond acceptors (Lipinski definition) is 4. The normalized spacial score (nSPS) is 13.2. The Kier molecular flexibility index (Phi) is 6.14. The molecule has 2 aromatic carbocycles. The number of carbonyl (C=O) groups excluding carboxylic acids is 1. The molecule has 3 aromatic rings. The Bertz CT molecular complexity index is 890. The van der Waals surface area contributed by atoms with Crippen LogP contribution in [0.3, 0.4) is 0 Å². The zero-order valence-electron chi connectivity index (χ0n) is 13.2. The van der Waals surface area contributed by atoms with Gasteiger partial charge in [0.05, 0.1) is 0 Å². The molecule has 0 unspecified atom stereocenters. The highest BCUT2D eigenvalue weighted by Gasteiger charge is 2.36. The zero-order valence-corrected chi connectivity index (χ0v) is 16.3. The van der Waals surface area contributed by atoms with Crippen molar-refractivity contribution in [2.75, 3.05) is 0 Å². The largest absolute Gasteiger partial charge is 0.431 e. The minimum absolute atomic E-state index is 0.301. The lowest BCUT2D eigenvalue weighted by Crippen LogP contribution is -2.40. The highest BCUT2D eigenvalue weighted by atomic mass is 35.6. The summed E-state index contributed by atoms with van der Waals surface area (Å²) >= 11 is 19.1. The first-order valence-corrected chi connectivity index (χ1v) is 9.56. The molecule has 0 fully saturated rings. The molecule has 1 amide bonds. The number of alkyl halides is 3. The molecular formula is C18H13Cl3N2O2S. The van der Waals surface area contributed by atoms with Crippen molar-refractivity contribution in [3.8, 4) is 0 Å². The van der Waals surface area contributed by atoms with E-state index < -0.39 is 15.1 Å². The van der Waals surface area contributed by atoms with E-state index in [1.165, 1.54) is 6.08 Å². The SMILES string of the molecule is O=C(/C=C/c1ccccc1)N[C@H](Sc1nc2ccccc2o1)C(Cl)(Cl)Cl. The molecule has 1 heterocycles. The van der Waals surface area contributed by atoms with Gasteiger partial charge in [0.1, 0.15) is 10.9 Å². The fraction of sp³-hybridized carbons (Fsp3) is 0.111. The molecule has 0 radical (unpaired) electrons. The molecule has 1 atom stereocenters. The molecule has 0 aliphatic carbocycles. The first-order valence-electron chi connectivity index (χ1n) is 7.54. The number of rotatable bonds is 5. The number of nitrogens with one attached hydrogen (secondary N) is 1. The molecule has 0 bridgehead atoms. The predicted octanol–water partition coefficient (Wildman–Crippen LogP) is 5.45. The van der Waals surface area contributed by atoms with Gasteiger partial charge in [-0.25, -0.2) is 4.98 Å². The third-order valence-corrected chi connectivity index (χ3v) is 5.42. The van der Waals surface area contributed by atoms with Crippen LogP contribution in [0.1, 0.15) is 5.56 Å². The molecule has 0 saturated heterocycles. The molecule has 0 aliphatic heterocycles. The molecule has 3 rings (SSSR count). The second kappa shape index (κ2) is 8.35. The molecule has 26 heavy (non-hydrogen) atoms. The Balaban J connectivity index is 1.71. The van der Waals surface area contributed by atoms with Gasteiger partial charge in [-0.2, -0.15) is 0 Å². The number of hydrogen-bond donors (Lipinski definition) is 1. The second-order valence-electron chi connectivity index (χ2n) is 5.24. The van der Waals surface area contributed by atoms with E-state index in [1.807, 2.05) is 48.5 Å². The molecule has 8 heteroatoms. The highest BCUT2D eigenvalue weighted by molar-refractivity contribution is 8.00. The number of benzene rings is 2. The maximum absolute atomic E-state index is 12.2. The van der Waals surface area contributed by atoms with E-state index in [4.69, 9.17) is 39.2 Å². The number of halogens is 3. The van der Waals surface area contributed by atoms with Gasteiger partial charge in [0.2, 0.25) is 9.70 Å². The Hall–Kier alpha value is -1.66. The summed E-state index contributed by atoms with van der Waals surface area (Å²) in [5.41, 5.74) is 2.20. The maximum Gasteiger partial charge on any atom is 0.258 e. The first-order chi connectivity index (χ1) is 12.4. The summed E-state index contributed by atoms with van der Waals surface area (Å²) in [5, 5.41) is 2.08. The summed E-state index contributed by atoms with van der Waals surface area (Å²) in [6.07, 6.45) is 3.06. The number of para-hydroxylation sites is 2. The van der Waals surface area contributed by atoms with Gasteiger partial charge < -0.3 is 9.73 Å². The van der Waals surface area contributed by atoms with Gasteiger partial charge in [-0.1, -0.05) is 77.3 Å². The summed E-state index contributed by atoms with van der Waals surface area (Å²) in [6, 6.07) is 16.7. The van der Waals surface area contributed by atoms with E-state index in [0.29, 0.717) is 16.3 Å². The summed E-state index contributed by atoms with van der Waals surface area (Å²) < 4.78 is 3.86. The molecule has 1 N–H and O–H groups in total. The Morgan fingerprint density at radius 2 is 1.81 bits per heavy atom. The van der Waals surface area contributed by atoms with Gasteiger partial charge in [0.25, 0.3) is 5.22 Å². The standard InChI is InChI=1S/C18H13Cl3N2O2S/c19-18(20,21)16(23-15(24)11-10-12-6-2-1-3-7-12)26-17-22-13-8-4-5-9-14(13)25-17/h1-11,16H,(H,23,24)/b11-10+/t16-/m1/s1. The van der Waals surface area contributed by atoms with Crippen molar-refractivity contribution < 1.29 is 9.21 Å². The van der Waals surface area contributed by atoms with E-state index in [0.717, 1.165) is 17.3 Å². The quantitative estimate of drug-likeness (QED) is 0.255. The number of fused-ring (bicyclic) bond motifs is 1. The van der Waals surface area contributed by atoms with Gasteiger partial charge in [-0.3, -0.25) is 4.79 Å². The molecule has 134 valence electrons. The van der Waals surface area contributed by atoms with E-state index in [-0.39, 0.29) is 0 Å². The van der Waals surface area contributed by atoms with Crippen LogP contribution in [0.25, 0.3) is 17.2 Å². The average Bonchev–Trinajstić information content (AvgIpc) is 3.02. The summed E-state index contributed by atoms with van der Waals surface area (Å²) in [7, 11) is 0. The van der Waals surface area contributed by atoms with Crippen LogP contribution in [0.15, 0.2) is 70.3 Å². The van der Waals surface area contributed by atoms with Gasteiger partial charge in [0, 0.05) is 6.08 Å². The monoisotopic (exact) mass is 426 g/mol. The maximum atomic E-state index is 12.2. The first kappa shape index (κ1) is 19.1. The average molecular weight is 428 g/mol. The summed E-state index contributed by atoms with van der Waals surface area (Å²) in [4.78, 5) is 16.5. The highest BCUT2D eigenvalue weighted by Crippen LogP contribution is 2.39. The van der Waals surface area contributed by atoms with Gasteiger partial charge in [-0.15, -0.1) is 0 Å². The molecule has 0 aliphatic rings. The van der Waals surface area contributed by atoms with Crippen LogP contribution in [-0.4, -0.2) is 20.1 Å². The van der Waals surface area contributed by atoms with Crippen molar-refractivity contribution >= 4 is 69.6 Å².